The summed E-state index contributed by atoms with van der Waals surface area (Å²) in [5.74, 6) is 1.23. The lowest BCUT2D eigenvalue weighted by atomic mass is 10.3. The summed E-state index contributed by atoms with van der Waals surface area (Å²) in [4.78, 5) is 8.61. The van der Waals surface area contributed by atoms with E-state index in [2.05, 4.69) is 9.98 Å². The van der Waals surface area contributed by atoms with Crippen molar-refractivity contribution in [3.63, 3.8) is 0 Å². The highest BCUT2D eigenvalue weighted by Gasteiger charge is 2.00. The van der Waals surface area contributed by atoms with Crippen molar-refractivity contribution in [2.75, 3.05) is 0 Å². The predicted octanol–water partition coefficient (Wildman–Crippen LogP) is 6.09. The van der Waals surface area contributed by atoms with E-state index in [0.717, 1.165) is 0 Å². The average Bonchev–Trinajstić information content (AvgIpc) is 3.01. The Labute approximate surface area is 143 Å². The van der Waals surface area contributed by atoms with Crippen LogP contribution in [0.25, 0.3) is 0 Å². The number of halogens is 2. The van der Waals surface area contributed by atoms with Crippen molar-refractivity contribution >= 4 is 47.0 Å². The van der Waals surface area contributed by atoms with Gasteiger partial charge in [-0.1, -0.05) is 47.5 Å². The highest BCUT2D eigenvalue weighted by molar-refractivity contribution is 6.33. The van der Waals surface area contributed by atoms with Crippen molar-refractivity contribution in [2.24, 2.45) is 9.98 Å². The van der Waals surface area contributed by atoms with Crippen LogP contribution in [0, 0.1) is 0 Å². The third-order valence-electron chi connectivity index (χ3n) is 3.01. The van der Waals surface area contributed by atoms with E-state index < -0.39 is 0 Å². The Hall–Kier alpha value is -2.36. The van der Waals surface area contributed by atoms with Gasteiger partial charge >= 0.3 is 0 Å². The van der Waals surface area contributed by atoms with E-state index in [-0.39, 0.29) is 0 Å². The third-order valence-corrected chi connectivity index (χ3v) is 3.65. The monoisotopic (exact) mass is 342 g/mol. The number of aliphatic imine (C=N–C) groups is 2. The van der Waals surface area contributed by atoms with Gasteiger partial charge in [-0.25, -0.2) is 0 Å². The lowest BCUT2D eigenvalue weighted by Crippen LogP contribution is -1.77. The normalized spacial score (nSPS) is 11.6. The van der Waals surface area contributed by atoms with E-state index >= 15 is 0 Å². The Bertz CT molecular complexity index is 799. The first kappa shape index (κ1) is 15.5. The van der Waals surface area contributed by atoms with Gasteiger partial charge in [0.15, 0.2) is 0 Å². The molecule has 0 bridgehead atoms. The molecule has 3 nitrogen and oxygen atoms in total. The minimum Gasteiger partial charge on any atom is -0.454 e. The maximum absolute atomic E-state index is 6.05. The molecule has 0 spiro atoms. The highest BCUT2D eigenvalue weighted by Crippen LogP contribution is 2.24. The van der Waals surface area contributed by atoms with Crippen LogP contribution in [0.5, 0.6) is 0 Å². The molecule has 2 aromatic carbocycles. The van der Waals surface area contributed by atoms with Gasteiger partial charge in [-0.3, -0.25) is 9.98 Å². The molecule has 0 saturated heterocycles. The summed E-state index contributed by atoms with van der Waals surface area (Å²) in [5.41, 5.74) is 1.38. The van der Waals surface area contributed by atoms with Gasteiger partial charge in [0.25, 0.3) is 0 Å². The molecule has 1 aromatic heterocycles. The maximum Gasteiger partial charge on any atom is 0.145 e. The van der Waals surface area contributed by atoms with E-state index in [0.29, 0.717) is 32.9 Å². The van der Waals surface area contributed by atoms with Gasteiger partial charge in [0.05, 0.1) is 33.8 Å². The van der Waals surface area contributed by atoms with Crippen LogP contribution in [0.1, 0.15) is 11.5 Å². The number of rotatable bonds is 4. The van der Waals surface area contributed by atoms with Crippen LogP contribution in [0.4, 0.5) is 11.4 Å². The lowest BCUT2D eigenvalue weighted by Gasteiger charge is -1.95. The van der Waals surface area contributed by atoms with Crippen molar-refractivity contribution < 1.29 is 4.42 Å². The van der Waals surface area contributed by atoms with Crippen LogP contribution in [0.3, 0.4) is 0 Å². The van der Waals surface area contributed by atoms with Crippen LogP contribution in [0.15, 0.2) is 75.1 Å². The van der Waals surface area contributed by atoms with Gasteiger partial charge in [-0.05, 0) is 36.4 Å². The Morgan fingerprint density at radius 2 is 1.09 bits per heavy atom. The van der Waals surface area contributed by atoms with Gasteiger partial charge in [0, 0.05) is 0 Å². The number of hydrogen-bond acceptors (Lipinski definition) is 3. The highest BCUT2D eigenvalue weighted by atomic mass is 35.5. The van der Waals surface area contributed by atoms with E-state index in [1.54, 1.807) is 24.6 Å². The van der Waals surface area contributed by atoms with Crippen molar-refractivity contribution in [1.82, 2.24) is 0 Å². The minimum absolute atomic E-state index is 0.593. The zero-order chi connectivity index (χ0) is 16.1. The summed E-state index contributed by atoms with van der Waals surface area (Å²) in [5, 5.41) is 1.19. The molecule has 23 heavy (non-hydrogen) atoms. The molecular formula is C18H12Cl2N2O. The summed E-state index contributed by atoms with van der Waals surface area (Å²) in [7, 11) is 0. The first-order valence-electron chi connectivity index (χ1n) is 6.89. The van der Waals surface area contributed by atoms with Crippen LogP contribution in [-0.4, -0.2) is 12.4 Å². The number of nitrogens with zero attached hydrogens (tertiary/aromatic N) is 2. The van der Waals surface area contributed by atoms with Crippen LogP contribution in [-0.2, 0) is 0 Å². The fourth-order valence-corrected chi connectivity index (χ4v) is 2.26. The smallest absolute Gasteiger partial charge is 0.145 e. The SMILES string of the molecule is Clc1ccccc1N=Cc1ccc(C=Nc2ccccc2Cl)o1. The average molecular weight is 343 g/mol. The van der Waals surface area contributed by atoms with E-state index in [1.165, 1.54) is 0 Å². The van der Waals surface area contributed by atoms with Gasteiger partial charge in [0.1, 0.15) is 11.5 Å². The van der Waals surface area contributed by atoms with E-state index in [1.807, 2.05) is 48.5 Å². The van der Waals surface area contributed by atoms with Gasteiger partial charge in [-0.2, -0.15) is 0 Å². The summed E-state index contributed by atoms with van der Waals surface area (Å²) < 4.78 is 5.62. The van der Waals surface area contributed by atoms with Crippen molar-refractivity contribution in [3.05, 3.63) is 82.2 Å². The molecule has 0 aliphatic carbocycles. The fraction of sp³-hybridized carbons (Fsp3) is 0. The number of benzene rings is 2. The van der Waals surface area contributed by atoms with Gasteiger partial charge in [0.2, 0.25) is 0 Å². The molecule has 1 heterocycles. The molecule has 0 saturated carbocycles. The standard InChI is InChI=1S/C18H12Cl2N2O/c19-15-5-1-3-7-17(15)21-11-13-9-10-14(23-13)12-22-18-8-4-2-6-16(18)20/h1-12H. The Morgan fingerprint density at radius 1 is 0.652 bits per heavy atom. The largest absolute Gasteiger partial charge is 0.454 e. The second-order valence-electron chi connectivity index (χ2n) is 4.66. The molecule has 0 radical (unpaired) electrons. The Balaban J connectivity index is 1.74. The topological polar surface area (TPSA) is 37.9 Å². The molecule has 0 aliphatic rings. The van der Waals surface area contributed by atoms with Crippen LogP contribution in [0.2, 0.25) is 10.0 Å². The molecule has 3 rings (SSSR count). The quantitative estimate of drug-likeness (QED) is 0.528. The molecule has 3 aromatic rings. The van der Waals surface area contributed by atoms with Crippen LogP contribution >= 0.6 is 23.2 Å². The minimum atomic E-state index is 0.593. The second kappa shape index (κ2) is 7.27. The van der Waals surface area contributed by atoms with Crippen molar-refractivity contribution in [2.45, 2.75) is 0 Å². The van der Waals surface area contributed by atoms with Gasteiger partial charge in [-0.15, -0.1) is 0 Å². The molecule has 0 atom stereocenters. The number of para-hydroxylation sites is 2. The molecule has 114 valence electrons. The predicted molar refractivity (Wildman–Crippen MR) is 96.1 cm³/mol. The van der Waals surface area contributed by atoms with Crippen molar-refractivity contribution in [1.29, 1.82) is 0 Å². The summed E-state index contributed by atoms with van der Waals surface area (Å²) >= 11 is 12.1. The number of furan rings is 1. The summed E-state index contributed by atoms with van der Waals surface area (Å²) in [6, 6.07) is 18.3. The first-order chi connectivity index (χ1) is 11.2. The molecule has 0 amide bonds. The fourth-order valence-electron chi connectivity index (χ4n) is 1.89. The molecule has 0 fully saturated rings. The van der Waals surface area contributed by atoms with Crippen LogP contribution < -0.4 is 0 Å². The Morgan fingerprint density at radius 3 is 1.52 bits per heavy atom. The second-order valence-corrected chi connectivity index (χ2v) is 5.47. The first-order valence-corrected chi connectivity index (χ1v) is 7.65. The molecule has 5 heteroatoms. The molecular weight excluding hydrogens is 331 g/mol. The molecule has 0 unspecified atom stereocenters. The summed E-state index contributed by atoms with van der Waals surface area (Å²) in [6.07, 6.45) is 3.24. The van der Waals surface area contributed by atoms with E-state index in [4.69, 9.17) is 27.6 Å². The lowest BCUT2D eigenvalue weighted by molar-refractivity contribution is 0.553. The maximum atomic E-state index is 6.05. The number of hydrogen-bond donors (Lipinski definition) is 0. The zero-order valence-electron chi connectivity index (χ0n) is 12.0. The molecule has 0 aliphatic heterocycles. The third kappa shape index (κ3) is 4.09. The van der Waals surface area contributed by atoms with Crippen molar-refractivity contribution in [3.8, 4) is 0 Å². The summed E-state index contributed by atoms with van der Waals surface area (Å²) in [6.45, 7) is 0. The van der Waals surface area contributed by atoms with E-state index in [9.17, 15) is 0 Å². The van der Waals surface area contributed by atoms with Gasteiger partial charge < -0.3 is 4.42 Å². The zero-order valence-corrected chi connectivity index (χ0v) is 13.5. The molecule has 0 N–H and O–H groups in total. The Kier molecular flexibility index (Phi) is 4.91.